The summed E-state index contributed by atoms with van der Waals surface area (Å²) in [6.45, 7) is 0. The normalized spacial score (nSPS) is 11.7. The Balaban J connectivity index is 2.58. The number of aromatic nitrogens is 1. The minimum atomic E-state index is -0.475. The lowest BCUT2D eigenvalue weighted by Gasteiger charge is -1.94. The molecule has 0 saturated carbocycles. The van der Waals surface area contributed by atoms with Gasteiger partial charge in [0.2, 0.25) is 0 Å². The fourth-order valence-corrected chi connectivity index (χ4v) is 3.03. The van der Waals surface area contributed by atoms with Gasteiger partial charge in [0.1, 0.15) is 5.69 Å². The highest BCUT2D eigenvalue weighted by Gasteiger charge is 2.11. The lowest BCUT2D eigenvalue weighted by molar-refractivity contribution is -0.384. The van der Waals surface area contributed by atoms with E-state index in [1.54, 1.807) is 18.2 Å². The molecule has 1 heterocycles. The van der Waals surface area contributed by atoms with E-state index in [9.17, 15) is 10.1 Å². The van der Waals surface area contributed by atoms with Crippen LogP contribution in [0.4, 0.5) is 11.4 Å². The predicted octanol–water partition coefficient (Wildman–Crippen LogP) is 3.00. The van der Waals surface area contributed by atoms with Gasteiger partial charge in [-0.05, 0) is 16.4 Å². The molecular weight excluding hydrogens is 270 g/mol. The molecule has 0 aliphatic rings. The first-order chi connectivity index (χ1) is 7.68. The van der Waals surface area contributed by atoms with Gasteiger partial charge in [-0.3, -0.25) is 10.1 Å². The van der Waals surface area contributed by atoms with Crippen molar-refractivity contribution in [3.63, 3.8) is 0 Å². The quantitative estimate of drug-likeness (QED) is 0.480. The number of nitro groups is 1. The fraction of sp³-hybridized carbons (Fsp3) is 0. The molecule has 2 rings (SSSR count). The van der Waals surface area contributed by atoms with Gasteiger partial charge in [0, 0.05) is 16.6 Å². The molecule has 1 aromatic carbocycles. The second-order valence-corrected chi connectivity index (χ2v) is 4.89. The van der Waals surface area contributed by atoms with Crippen molar-refractivity contribution in [3.05, 3.63) is 44.2 Å². The van der Waals surface area contributed by atoms with Crippen molar-refractivity contribution in [2.24, 2.45) is 4.99 Å². The highest BCUT2D eigenvalue weighted by atomic mass is 35.5. The number of hydrogen-bond acceptors (Lipinski definition) is 6. The Morgan fingerprint density at radius 3 is 2.81 bits per heavy atom. The van der Waals surface area contributed by atoms with Crippen LogP contribution in [0.2, 0.25) is 5.15 Å². The highest BCUT2D eigenvalue weighted by Crippen LogP contribution is 2.26. The van der Waals surface area contributed by atoms with Crippen LogP contribution in [-0.2, 0) is 0 Å². The molecule has 1 aromatic heterocycles. The van der Waals surface area contributed by atoms with Crippen LogP contribution < -0.4 is 4.67 Å². The molecule has 0 radical (unpaired) electrons. The standard InChI is InChI=1S/C8H4ClN3O2S2/c9-7-8(15-16-11-7)10-5-3-1-2-4-6(5)12(13)14/h1-4H. The molecule has 5 nitrogen and oxygen atoms in total. The van der Waals surface area contributed by atoms with Gasteiger partial charge >= 0.3 is 0 Å². The molecule has 2 aromatic rings. The minimum Gasteiger partial charge on any atom is -0.258 e. The van der Waals surface area contributed by atoms with Crippen molar-refractivity contribution in [2.75, 3.05) is 0 Å². The molecule has 0 spiro atoms. The van der Waals surface area contributed by atoms with E-state index in [2.05, 4.69) is 9.37 Å². The second kappa shape index (κ2) is 4.69. The third kappa shape index (κ3) is 2.26. The summed E-state index contributed by atoms with van der Waals surface area (Å²) >= 11 is 5.77. The number of nitrogens with zero attached hydrogens (tertiary/aromatic N) is 3. The van der Waals surface area contributed by atoms with Crippen molar-refractivity contribution < 1.29 is 4.92 Å². The van der Waals surface area contributed by atoms with E-state index in [-0.39, 0.29) is 16.5 Å². The zero-order chi connectivity index (χ0) is 11.5. The van der Waals surface area contributed by atoms with Crippen LogP contribution in [0.25, 0.3) is 0 Å². The summed E-state index contributed by atoms with van der Waals surface area (Å²) < 4.78 is 4.34. The Kier molecular flexibility index (Phi) is 3.28. The topological polar surface area (TPSA) is 68.4 Å². The maximum Gasteiger partial charge on any atom is 0.294 e. The van der Waals surface area contributed by atoms with Crippen LogP contribution in [0.5, 0.6) is 0 Å². The van der Waals surface area contributed by atoms with Gasteiger partial charge in [-0.2, -0.15) is 4.37 Å². The smallest absolute Gasteiger partial charge is 0.258 e. The van der Waals surface area contributed by atoms with Crippen LogP contribution in [0.15, 0.2) is 29.3 Å². The fourth-order valence-electron chi connectivity index (χ4n) is 1.05. The van der Waals surface area contributed by atoms with Gasteiger partial charge in [-0.15, -0.1) is 0 Å². The number of nitro benzene ring substituents is 1. The number of benzene rings is 1. The summed E-state index contributed by atoms with van der Waals surface area (Å²) in [4.78, 5) is 14.4. The van der Waals surface area contributed by atoms with E-state index < -0.39 is 4.92 Å². The molecule has 8 heteroatoms. The van der Waals surface area contributed by atoms with Crippen molar-refractivity contribution in [1.82, 2.24) is 4.37 Å². The van der Waals surface area contributed by atoms with Gasteiger partial charge < -0.3 is 0 Å². The molecule has 0 atom stereocenters. The lowest BCUT2D eigenvalue weighted by atomic mass is 10.3. The van der Waals surface area contributed by atoms with Crippen molar-refractivity contribution >= 4 is 43.9 Å². The van der Waals surface area contributed by atoms with Crippen LogP contribution in [0.3, 0.4) is 0 Å². The van der Waals surface area contributed by atoms with E-state index in [4.69, 9.17) is 11.6 Å². The van der Waals surface area contributed by atoms with E-state index in [1.165, 1.54) is 26.9 Å². The number of para-hydroxylation sites is 2. The molecular formula is C8H4ClN3O2S2. The summed E-state index contributed by atoms with van der Waals surface area (Å²) in [6, 6.07) is 6.24. The Bertz CT molecular complexity index is 593. The Hall–Kier alpha value is -1.31. The Labute approximate surface area is 102 Å². The van der Waals surface area contributed by atoms with E-state index >= 15 is 0 Å². The molecule has 0 amide bonds. The molecule has 0 unspecified atom stereocenters. The summed E-state index contributed by atoms with van der Waals surface area (Å²) in [5.74, 6) is 0. The average molecular weight is 274 g/mol. The zero-order valence-corrected chi connectivity index (χ0v) is 10.1. The Morgan fingerprint density at radius 1 is 1.44 bits per heavy atom. The van der Waals surface area contributed by atoms with Crippen LogP contribution in [0.1, 0.15) is 0 Å². The Morgan fingerprint density at radius 2 is 2.19 bits per heavy atom. The number of rotatable bonds is 2. The summed E-state index contributed by atoms with van der Waals surface area (Å²) in [7, 11) is 2.47. The second-order valence-electron chi connectivity index (χ2n) is 2.70. The molecule has 0 fully saturated rings. The van der Waals surface area contributed by atoms with Crippen molar-refractivity contribution in [3.8, 4) is 0 Å². The molecule has 16 heavy (non-hydrogen) atoms. The monoisotopic (exact) mass is 273 g/mol. The molecule has 0 bridgehead atoms. The SMILES string of the molecule is O=[N+]([O-])c1ccccc1N=c1ssnc1Cl. The molecule has 0 aliphatic carbocycles. The van der Waals surface area contributed by atoms with Crippen LogP contribution >= 0.6 is 32.5 Å². The average Bonchev–Trinajstić information content (AvgIpc) is 2.65. The minimum absolute atomic E-state index is 0.0445. The molecule has 0 aliphatic heterocycles. The summed E-state index contributed by atoms with van der Waals surface area (Å²) in [5.41, 5.74) is 0.239. The van der Waals surface area contributed by atoms with Gasteiger partial charge in [0.05, 0.1) is 4.92 Å². The first-order valence-corrected chi connectivity index (χ1v) is 6.56. The number of halogens is 1. The molecule has 82 valence electrons. The van der Waals surface area contributed by atoms with Crippen LogP contribution in [-0.4, -0.2) is 9.30 Å². The van der Waals surface area contributed by atoms with Crippen LogP contribution in [0, 0.1) is 10.1 Å². The van der Waals surface area contributed by atoms with Gasteiger partial charge in [0.25, 0.3) is 5.69 Å². The summed E-state index contributed by atoms with van der Waals surface area (Å²) in [5, 5.41) is 11.0. The third-order valence-electron chi connectivity index (χ3n) is 1.71. The maximum absolute atomic E-state index is 10.7. The lowest BCUT2D eigenvalue weighted by Crippen LogP contribution is -1.95. The molecule has 0 saturated heterocycles. The van der Waals surface area contributed by atoms with E-state index in [1.807, 2.05) is 0 Å². The summed E-state index contributed by atoms with van der Waals surface area (Å²) in [6.07, 6.45) is 0. The van der Waals surface area contributed by atoms with Crippen molar-refractivity contribution in [1.29, 1.82) is 0 Å². The first kappa shape index (κ1) is 11.2. The van der Waals surface area contributed by atoms with Gasteiger partial charge in [-0.25, -0.2) is 4.99 Å². The third-order valence-corrected chi connectivity index (χ3v) is 3.88. The van der Waals surface area contributed by atoms with E-state index in [0.29, 0.717) is 4.67 Å². The van der Waals surface area contributed by atoms with Gasteiger partial charge in [0.15, 0.2) is 9.82 Å². The first-order valence-electron chi connectivity index (χ1n) is 4.08. The van der Waals surface area contributed by atoms with Gasteiger partial charge in [-0.1, -0.05) is 23.7 Å². The van der Waals surface area contributed by atoms with Crippen molar-refractivity contribution in [2.45, 2.75) is 0 Å². The van der Waals surface area contributed by atoms with E-state index in [0.717, 1.165) is 0 Å². The zero-order valence-electron chi connectivity index (χ0n) is 7.66. The molecule has 0 N–H and O–H groups in total. The maximum atomic E-state index is 10.7. The number of hydrogen-bond donors (Lipinski definition) is 0. The highest BCUT2D eigenvalue weighted by molar-refractivity contribution is 7.66. The predicted molar refractivity (Wildman–Crippen MR) is 63.3 cm³/mol. The largest absolute Gasteiger partial charge is 0.294 e.